The monoisotopic (exact) mass is 359 g/mol. The average molecular weight is 359 g/mol. The van der Waals surface area contributed by atoms with E-state index in [4.69, 9.17) is 4.74 Å². The number of imide groups is 1. The maximum Gasteiger partial charge on any atom is 0.328 e. The van der Waals surface area contributed by atoms with Crippen LogP contribution in [0.2, 0.25) is 0 Å². The molecule has 0 N–H and O–H groups in total. The van der Waals surface area contributed by atoms with Crippen LogP contribution in [-0.4, -0.2) is 78.2 Å². The zero-order valence-corrected chi connectivity index (χ0v) is 14.8. The van der Waals surface area contributed by atoms with Gasteiger partial charge in [-0.25, -0.2) is 4.79 Å². The Kier molecular flexibility index (Phi) is 5.03. The number of amides is 3. The van der Waals surface area contributed by atoms with E-state index in [1.165, 1.54) is 24.0 Å². The molecule has 2 heterocycles. The fourth-order valence-corrected chi connectivity index (χ4v) is 3.32. The lowest BCUT2D eigenvalue weighted by molar-refractivity contribution is -0.156. The molecule has 3 amide bonds. The zero-order valence-electron chi connectivity index (χ0n) is 14.8. The molecule has 1 aromatic rings. The highest BCUT2D eigenvalue weighted by atomic mass is 16.5. The first-order valence-electron chi connectivity index (χ1n) is 8.36. The van der Waals surface area contributed by atoms with Gasteiger partial charge in [-0.05, 0) is 11.1 Å². The molecule has 138 valence electrons. The molecular formula is C18H21N3O5. The average Bonchev–Trinajstić information content (AvgIpc) is 2.64. The van der Waals surface area contributed by atoms with Crippen LogP contribution in [0, 0.1) is 0 Å². The van der Waals surface area contributed by atoms with E-state index in [0.29, 0.717) is 13.0 Å². The van der Waals surface area contributed by atoms with E-state index >= 15 is 0 Å². The van der Waals surface area contributed by atoms with Crippen molar-refractivity contribution >= 4 is 23.7 Å². The van der Waals surface area contributed by atoms with Crippen LogP contribution < -0.4 is 0 Å². The number of esters is 1. The molecule has 3 rings (SSSR count). The van der Waals surface area contributed by atoms with Crippen LogP contribution in [-0.2, 0) is 36.9 Å². The molecule has 1 aromatic carbocycles. The summed E-state index contributed by atoms with van der Waals surface area (Å²) in [5, 5.41) is 0. The third-order valence-corrected chi connectivity index (χ3v) is 4.87. The minimum absolute atomic E-state index is 0.00129. The van der Waals surface area contributed by atoms with Gasteiger partial charge in [0.25, 0.3) is 0 Å². The largest absolute Gasteiger partial charge is 0.467 e. The lowest BCUT2D eigenvalue weighted by atomic mass is 9.94. The Hall–Kier alpha value is -2.74. The Bertz CT molecular complexity index is 745. The van der Waals surface area contributed by atoms with E-state index < -0.39 is 12.0 Å². The molecule has 1 saturated heterocycles. The predicted molar refractivity (Wildman–Crippen MR) is 90.7 cm³/mol. The summed E-state index contributed by atoms with van der Waals surface area (Å²) in [7, 11) is 2.72. The lowest BCUT2D eigenvalue weighted by Gasteiger charge is -2.37. The number of methoxy groups -OCH3 is 1. The first-order chi connectivity index (χ1) is 12.4. The minimum atomic E-state index is -0.707. The van der Waals surface area contributed by atoms with E-state index in [-0.39, 0.29) is 37.4 Å². The number of piperazine rings is 1. The molecule has 26 heavy (non-hydrogen) atoms. The quantitative estimate of drug-likeness (QED) is 0.530. The molecule has 8 nitrogen and oxygen atoms in total. The highest BCUT2D eigenvalue weighted by molar-refractivity contribution is 5.99. The van der Waals surface area contributed by atoms with Gasteiger partial charge < -0.3 is 9.64 Å². The Balaban J connectivity index is 1.77. The van der Waals surface area contributed by atoms with Crippen LogP contribution >= 0.6 is 0 Å². The second kappa shape index (κ2) is 7.25. The summed E-state index contributed by atoms with van der Waals surface area (Å²) in [6, 6.07) is 6.93. The Morgan fingerprint density at radius 1 is 1.08 bits per heavy atom. The maximum atomic E-state index is 12.8. The summed E-state index contributed by atoms with van der Waals surface area (Å²) in [6.45, 7) is 0.202. The smallest absolute Gasteiger partial charge is 0.328 e. The van der Waals surface area contributed by atoms with Crippen molar-refractivity contribution < 1.29 is 23.9 Å². The van der Waals surface area contributed by atoms with Gasteiger partial charge in [-0.3, -0.25) is 24.2 Å². The molecule has 0 radical (unpaired) electrons. The number of likely N-dealkylation sites (N-methyl/N-ethyl adjacent to an activating group) is 1. The third-order valence-electron chi connectivity index (χ3n) is 4.87. The van der Waals surface area contributed by atoms with E-state index in [0.717, 1.165) is 16.0 Å². The van der Waals surface area contributed by atoms with Gasteiger partial charge >= 0.3 is 5.97 Å². The van der Waals surface area contributed by atoms with Gasteiger partial charge in [0, 0.05) is 20.0 Å². The van der Waals surface area contributed by atoms with Gasteiger partial charge in [0.1, 0.15) is 6.04 Å². The highest BCUT2D eigenvalue weighted by Gasteiger charge is 2.37. The number of hydrogen-bond donors (Lipinski definition) is 0. The summed E-state index contributed by atoms with van der Waals surface area (Å²) in [4.78, 5) is 52.7. The normalized spacial score (nSPS) is 20.8. The van der Waals surface area contributed by atoms with E-state index in [1.54, 1.807) is 0 Å². The van der Waals surface area contributed by atoms with Crippen molar-refractivity contribution in [3.63, 3.8) is 0 Å². The van der Waals surface area contributed by atoms with Crippen molar-refractivity contribution in [2.45, 2.75) is 19.0 Å². The van der Waals surface area contributed by atoms with Crippen LogP contribution in [0.5, 0.6) is 0 Å². The first kappa shape index (κ1) is 18.1. The van der Waals surface area contributed by atoms with Crippen LogP contribution in [0.4, 0.5) is 0 Å². The van der Waals surface area contributed by atoms with Gasteiger partial charge in [-0.15, -0.1) is 0 Å². The number of fused-ring (bicyclic) bond motifs is 1. The Morgan fingerprint density at radius 2 is 1.69 bits per heavy atom. The van der Waals surface area contributed by atoms with Crippen LogP contribution in [0.3, 0.4) is 0 Å². The molecule has 1 atom stereocenters. The molecule has 2 aliphatic heterocycles. The number of benzene rings is 1. The van der Waals surface area contributed by atoms with Gasteiger partial charge in [0.15, 0.2) is 0 Å². The molecule has 0 aliphatic carbocycles. The molecule has 0 bridgehead atoms. The SMILES string of the molecule is COC(=O)[C@@H]1Cc2ccccc2CN1C(=O)CN1CC(=O)N(C)C(=O)C1. The van der Waals surface area contributed by atoms with Crippen LogP contribution in [0.15, 0.2) is 24.3 Å². The molecular weight excluding hydrogens is 338 g/mol. The predicted octanol–water partition coefficient (Wildman–Crippen LogP) is -0.586. The van der Waals surface area contributed by atoms with Gasteiger partial charge in [0.2, 0.25) is 17.7 Å². The molecule has 0 unspecified atom stereocenters. The minimum Gasteiger partial charge on any atom is -0.467 e. The fourth-order valence-electron chi connectivity index (χ4n) is 3.32. The number of ether oxygens (including phenoxy) is 1. The lowest BCUT2D eigenvalue weighted by Crippen LogP contribution is -2.56. The number of nitrogens with zero attached hydrogens (tertiary/aromatic N) is 3. The van der Waals surface area contributed by atoms with Crippen molar-refractivity contribution in [3.05, 3.63) is 35.4 Å². The molecule has 1 fully saturated rings. The second-order valence-electron chi connectivity index (χ2n) is 6.53. The van der Waals surface area contributed by atoms with Crippen LogP contribution in [0.1, 0.15) is 11.1 Å². The molecule has 0 saturated carbocycles. The van der Waals surface area contributed by atoms with Crippen LogP contribution in [0.25, 0.3) is 0 Å². The summed E-state index contributed by atoms with van der Waals surface area (Å²) in [6.07, 6.45) is 0.384. The third kappa shape index (κ3) is 3.45. The van der Waals surface area contributed by atoms with Crippen molar-refractivity contribution in [1.29, 1.82) is 0 Å². The summed E-state index contributed by atoms with van der Waals surface area (Å²) in [5.41, 5.74) is 1.99. The zero-order chi connectivity index (χ0) is 18.8. The molecule has 0 aromatic heterocycles. The number of rotatable bonds is 3. The molecule has 0 spiro atoms. The number of carbonyl (C=O) groups is 4. The van der Waals surface area contributed by atoms with E-state index in [9.17, 15) is 19.2 Å². The highest BCUT2D eigenvalue weighted by Crippen LogP contribution is 2.24. The number of hydrogen-bond acceptors (Lipinski definition) is 6. The standard InChI is InChI=1S/C18H21N3O5/c1-19-15(22)9-20(10-16(19)23)11-17(24)21-8-13-6-4-3-5-12(13)7-14(21)18(25)26-2/h3-6,14H,7-11H2,1-2H3/t14-/m0/s1. The van der Waals surface area contributed by atoms with Gasteiger partial charge in [-0.2, -0.15) is 0 Å². The second-order valence-corrected chi connectivity index (χ2v) is 6.53. The summed E-state index contributed by atoms with van der Waals surface area (Å²) in [5.74, 6) is -1.47. The van der Waals surface area contributed by atoms with Crippen molar-refractivity contribution in [3.8, 4) is 0 Å². The Morgan fingerprint density at radius 3 is 2.31 bits per heavy atom. The summed E-state index contributed by atoms with van der Waals surface area (Å²) < 4.78 is 4.86. The van der Waals surface area contributed by atoms with Crippen molar-refractivity contribution in [1.82, 2.24) is 14.7 Å². The topological polar surface area (TPSA) is 87.2 Å². The van der Waals surface area contributed by atoms with Crippen molar-refractivity contribution in [2.75, 3.05) is 33.8 Å². The van der Waals surface area contributed by atoms with Gasteiger partial charge in [-0.1, -0.05) is 24.3 Å². The van der Waals surface area contributed by atoms with Crippen molar-refractivity contribution in [2.24, 2.45) is 0 Å². The summed E-state index contributed by atoms with van der Waals surface area (Å²) >= 11 is 0. The van der Waals surface area contributed by atoms with E-state index in [2.05, 4.69) is 0 Å². The maximum absolute atomic E-state index is 12.8. The number of carbonyl (C=O) groups excluding carboxylic acids is 4. The molecule has 8 heteroatoms. The van der Waals surface area contributed by atoms with E-state index in [1.807, 2.05) is 24.3 Å². The Labute approximate surface area is 151 Å². The fraction of sp³-hybridized carbons (Fsp3) is 0.444. The first-order valence-corrected chi connectivity index (χ1v) is 8.36. The molecule has 2 aliphatic rings. The van der Waals surface area contributed by atoms with Gasteiger partial charge in [0.05, 0.1) is 26.7 Å².